The number of unbranched alkanes of at least 4 members (excludes halogenated alkanes) is 2. The molecule has 0 amide bonds. The number of ether oxygens (including phenoxy) is 1. The lowest BCUT2D eigenvalue weighted by molar-refractivity contribution is 0.148. The van der Waals surface area contributed by atoms with Gasteiger partial charge in [0.15, 0.2) is 8.32 Å². The second-order valence-electron chi connectivity index (χ2n) is 8.82. The van der Waals surface area contributed by atoms with Gasteiger partial charge in [-0.05, 0) is 41.1 Å². The van der Waals surface area contributed by atoms with Gasteiger partial charge in [0.1, 0.15) is 6.10 Å². The minimum Gasteiger partial charge on any atom is -0.416 e. The van der Waals surface area contributed by atoms with Crippen molar-refractivity contribution < 1.29 is 14.3 Å². The van der Waals surface area contributed by atoms with Crippen molar-refractivity contribution in [2.45, 2.75) is 90.1 Å². The summed E-state index contributed by atoms with van der Waals surface area (Å²) in [7, 11) is -1.75. The van der Waals surface area contributed by atoms with E-state index in [1.54, 1.807) is 6.08 Å². The Bertz CT molecular complexity index is 634. The highest BCUT2D eigenvalue weighted by Crippen LogP contribution is 2.42. The smallest absolute Gasteiger partial charge is 0.200 e. The maximum Gasteiger partial charge on any atom is 0.200 e. The fourth-order valence-corrected chi connectivity index (χ4v) is 9.79. The topological polar surface area (TPSA) is 38.7 Å². The first-order valence-corrected chi connectivity index (χ1v) is 13.5. The van der Waals surface area contributed by atoms with Crippen molar-refractivity contribution in [2.24, 2.45) is 0 Å². The van der Waals surface area contributed by atoms with Crippen LogP contribution < -0.4 is 0 Å². The van der Waals surface area contributed by atoms with Gasteiger partial charge in [-0.2, -0.15) is 0 Å². The van der Waals surface area contributed by atoms with Crippen LogP contribution in [0.4, 0.5) is 0 Å². The fourth-order valence-electron chi connectivity index (χ4n) is 4.29. The summed E-state index contributed by atoms with van der Waals surface area (Å²) in [6.07, 6.45) is 5.60. The summed E-state index contributed by atoms with van der Waals surface area (Å²) in [5.74, 6) is 5.97. The van der Waals surface area contributed by atoms with Crippen LogP contribution in [0.1, 0.15) is 66.4 Å². The number of rotatable bonds is 13. The van der Waals surface area contributed by atoms with Crippen LogP contribution in [-0.4, -0.2) is 32.7 Å². The molecule has 1 rings (SSSR count). The van der Waals surface area contributed by atoms with E-state index in [4.69, 9.17) is 9.16 Å². The molecule has 0 saturated heterocycles. The average Bonchev–Trinajstić information content (AvgIpc) is 2.69. The number of hydrogen-bond acceptors (Lipinski definition) is 3. The molecule has 0 saturated carbocycles. The Hall–Kier alpha value is -1.38. The van der Waals surface area contributed by atoms with Gasteiger partial charge in [-0.1, -0.05) is 83.9 Å². The van der Waals surface area contributed by atoms with Crippen molar-refractivity contribution in [3.63, 3.8) is 0 Å². The summed E-state index contributed by atoms with van der Waals surface area (Å²) in [5.41, 5.74) is 3.01. The lowest BCUT2D eigenvalue weighted by Crippen LogP contribution is -2.47. The zero-order valence-corrected chi connectivity index (χ0v) is 20.9. The zero-order chi connectivity index (χ0) is 22.4. The molecule has 0 aliphatic carbocycles. The van der Waals surface area contributed by atoms with Crippen LogP contribution in [0.15, 0.2) is 42.5 Å². The van der Waals surface area contributed by atoms with Gasteiger partial charge in [-0.15, -0.1) is 5.92 Å². The molecule has 0 aliphatic rings. The Morgan fingerprint density at radius 3 is 2.20 bits per heavy atom. The van der Waals surface area contributed by atoms with Crippen LogP contribution in [0, 0.1) is 11.8 Å². The van der Waals surface area contributed by atoms with E-state index < -0.39 is 14.4 Å². The summed E-state index contributed by atoms with van der Waals surface area (Å²) in [6.45, 7) is 15.8. The first-order chi connectivity index (χ1) is 14.3. The predicted octanol–water partition coefficient (Wildman–Crippen LogP) is 6.49. The third kappa shape index (κ3) is 9.18. The number of aliphatic hydroxyl groups is 1. The fraction of sp³-hybridized carbons (Fsp3) is 0.615. The van der Waals surface area contributed by atoms with Gasteiger partial charge in [-0.25, -0.2) is 0 Å². The Morgan fingerprint density at radius 1 is 0.967 bits per heavy atom. The van der Waals surface area contributed by atoms with Crippen molar-refractivity contribution in [3.8, 4) is 11.8 Å². The average molecular weight is 431 g/mol. The molecule has 0 bridgehead atoms. The predicted molar refractivity (Wildman–Crippen MR) is 130 cm³/mol. The molecule has 4 heteroatoms. The molecule has 0 aromatic heterocycles. The molecule has 0 unspecified atom stereocenters. The van der Waals surface area contributed by atoms with E-state index >= 15 is 0 Å². The van der Waals surface area contributed by atoms with Crippen LogP contribution in [0.3, 0.4) is 0 Å². The largest absolute Gasteiger partial charge is 0.416 e. The molecule has 0 radical (unpaired) electrons. The maximum atomic E-state index is 9.92. The first-order valence-electron chi connectivity index (χ1n) is 11.4. The van der Waals surface area contributed by atoms with Gasteiger partial charge in [0.05, 0.1) is 13.2 Å². The van der Waals surface area contributed by atoms with E-state index in [-0.39, 0.29) is 0 Å². The molecule has 0 fully saturated rings. The van der Waals surface area contributed by atoms with Crippen molar-refractivity contribution >= 4 is 8.32 Å². The Morgan fingerprint density at radius 2 is 1.60 bits per heavy atom. The second kappa shape index (κ2) is 14.6. The van der Waals surface area contributed by atoms with E-state index in [0.29, 0.717) is 29.8 Å². The lowest BCUT2D eigenvalue weighted by atomic mass is 10.2. The Labute approximate surface area is 186 Å². The van der Waals surface area contributed by atoms with Crippen LogP contribution in [-0.2, 0) is 15.8 Å². The first kappa shape index (κ1) is 26.7. The third-order valence-electron chi connectivity index (χ3n) is 5.65. The maximum absolute atomic E-state index is 9.92. The number of hydrogen-bond donors (Lipinski definition) is 1. The van der Waals surface area contributed by atoms with E-state index in [2.05, 4.69) is 53.4 Å². The summed E-state index contributed by atoms with van der Waals surface area (Å²) in [6, 6.07) is 10.1. The van der Waals surface area contributed by atoms with Crippen molar-refractivity contribution in [1.82, 2.24) is 0 Å². The summed E-state index contributed by atoms with van der Waals surface area (Å²) >= 11 is 0. The molecule has 1 atom stereocenters. The van der Waals surface area contributed by atoms with Crippen molar-refractivity contribution in [3.05, 3.63) is 48.0 Å². The third-order valence-corrected chi connectivity index (χ3v) is 11.8. The highest BCUT2D eigenvalue weighted by molar-refractivity contribution is 6.77. The number of benzene rings is 1. The van der Waals surface area contributed by atoms with Gasteiger partial charge in [0, 0.05) is 13.0 Å². The summed E-state index contributed by atoms with van der Waals surface area (Å²) < 4.78 is 12.1. The lowest BCUT2D eigenvalue weighted by Gasteiger charge is -2.42. The van der Waals surface area contributed by atoms with Gasteiger partial charge in [0.2, 0.25) is 0 Å². The highest BCUT2D eigenvalue weighted by Gasteiger charge is 2.44. The van der Waals surface area contributed by atoms with E-state index in [9.17, 15) is 5.11 Å². The molecule has 0 heterocycles. The molecule has 1 N–H and O–H groups in total. The molecular formula is C26H42O3Si. The Balaban J connectivity index is 2.23. The normalized spacial score (nSPS) is 13.3. The van der Waals surface area contributed by atoms with Gasteiger partial charge < -0.3 is 14.3 Å². The molecule has 168 valence electrons. The zero-order valence-electron chi connectivity index (χ0n) is 19.9. The standard InChI is InChI=1S/C26H42O3Si/c1-22(2)30(23(3)4,24(5)6)29-20-13-8-7-12-17-26(27)18-14-19-28-21-25-15-10-9-11-16-25/h9-11,14-16,18,22-24,26-27H,7-8,13,19-21H2,1-6H3/b18-14+/t26-/m1/s1. The van der Waals surface area contributed by atoms with E-state index in [0.717, 1.165) is 31.4 Å². The number of aliphatic hydroxyl groups excluding tert-OH is 1. The van der Waals surface area contributed by atoms with Crippen LogP contribution in [0.25, 0.3) is 0 Å². The van der Waals surface area contributed by atoms with E-state index in [1.165, 1.54) is 0 Å². The second-order valence-corrected chi connectivity index (χ2v) is 14.3. The van der Waals surface area contributed by atoms with Crippen molar-refractivity contribution in [1.29, 1.82) is 0 Å². The van der Waals surface area contributed by atoms with Crippen LogP contribution in [0.2, 0.25) is 16.6 Å². The minimum absolute atomic E-state index is 0.470. The monoisotopic (exact) mass is 430 g/mol. The summed E-state index contributed by atoms with van der Waals surface area (Å²) in [5, 5.41) is 9.92. The molecule has 0 aliphatic heterocycles. The molecule has 1 aromatic rings. The Kier molecular flexibility index (Phi) is 13.0. The van der Waals surface area contributed by atoms with Gasteiger partial charge in [0.25, 0.3) is 0 Å². The molecule has 1 aromatic carbocycles. The van der Waals surface area contributed by atoms with Gasteiger partial charge in [-0.3, -0.25) is 0 Å². The van der Waals surface area contributed by atoms with Crippen LogP contribution in [0.5, 0.6) is 0 Å². The summed E-state index contributed by atoms with van der Waals surface area (Å²) in [4.78, 5) is 0. The molecule has 30 heavy (non-hydrogen) atoms. The highest BCUT2D eigenvalue weighted by atomic mass is 28.4. The quantitative estimate of drug-likeness (QED) is 0.168. The van der Waals surface area contributed by atoms with Crippen LogP contribution >= 0.6 is 0 Å². The van der Waals surface area contributed by atoms with Gasteiger partial charge >= 0.3 is 0 Å². The SMILES string of the molecule is CC(C)[Si](OCCCCC#C[C@@H](O)/C=C/COCc1ccccc1)(C(C)C)C(C)C. The molecule has 0 spiro atoms. The van der Waals surface area contributed by atoms with Crippen molar-refractivity contribution in [2.75, 3.05) is 13.2 Å². The molecular weight excluding hydrogens is 388 g/mol. The molecule has 3 nitrogen and oxygen atoms in total. The minimum atomic E-state index is -1.75. The van der Waals surface area contributed by atoms with E-state index in [1.807, 2.05) is 36.4 Å².